The predicted octanol–water partition coefficient (Wildman–Crippen LogP) is 2.41. The third-order valence-electron chi connectivity index (χ3n) is 4.31. The van der Waals surface area contributed by atoms with Crippen LogP contribution in [-0.4, -0.2) is 12.1 Å². The molecular formula is C13H26N2. The molecule has 0 unspecified atom stereocenters. The van der Waals surface area contributed by atoms with E-state index in [0.717, 1.165) is 11.8 Å². The normalized spacial score (nSPS) is 42.8. The van der Waals surface area contributed by atoms with Crippen LogP contribution in [0.15, 0.2) is 0 Å². The number of nitrogens with two attached hydrogens (primary N) is 2. The van der Waals surface area contributed by atoms with Crippen molar-refractivity contribution in [3.05, 3.63) is 0 Å². The molecule has 0 aromatic carbocycles. The Morgan fingerprint density at radius 1 is 0.733 bits per heavy atom. The second-order valence-corrected chi connectivity index (χ2v) is 5.82. The molecule has 0 heterocycles. The highest BCUT2D eigenvalue weighted by atomic mass is 14.6. The summed E-state index contributed by atoms with van der Waals surface area (Å²) >= 11 is 0. The van der Waals surface area contributed by atoms with Gasteiger partial charge in [0, 0.05) is 12.1 Å². The lowest BCUT2D eigenvalue weighted by molar-refractivity contribution is 0.221. The minimum atomic E-state index is 0.487. The van der Waals surface area contributed by atoms with Crippen molar-refractivity contribution in [1.82, 2.24) is 0 Å². The lowest BCUT2D eigenvalue weighted by atomic mass is 9.75. The molecule has 2 rings (SSSR count). The van der Waals surface area contributed by atoms with Crippen molar-refractivity contribution in [3.8, 4) is 0 Å². The highest BCUT2D eigenvalue weighted by Crippen LogP contribution is 2.34. The van der Waals surface area contributed by atoms with Crippen molar-refractivity contribution in [2.45, 2.75) is 69.9 Å². The Hall–Kier alpha value is -0.0800. The molecule has 0 amide bonds. The molecule has 0 bridgehead atoms. The highest BCUT2D eigenvalue weighted by Gasteiger charge is 2.25. The van der Waals surface area contributed by atoms with E-state index in [1.165, 1.54) is 57.8 Å². The Labute approximate surface area is 93.8 Å². The van der Waals surface area contributed by atoms with E-state index in [9.17, 15) is 0 Å². The van der Waals surface area contributed by atoms with Crippen molar-refractivity contribution >= 4 is 0 Å². The van der Waals surface area contributed by atoms with E-state index in [1.807, 2.05) is 0 Å². The summed E-state index contributed by atoms with van der Waals surface area (Å²) < 4.78 is 0. The van der Waals surface area contributed by atoms with E-state index < -0.39 is 0 Å². The van der Waals surface area contributed by atoms with Gasteiger partial charge >= 0.3 is 0 Å². The predicted molar refractivity (Wildman–Crippen MR) is 64.5 cm³/mol. The molecule has 0 aromatic rings. The van der Waals surface area contributed by atoms with Crippen LogP contribution in [0.4, 0.5) is 0 Å². The molecule has 4 N–H and O–H groups in total. The van der Waals surface area contributed by atoms with E-state index in [2.05, 4.69) is 0 Å². The first-order chi connectivity index (χ1) is 7.24. The van der Waals surface area contributed by atoms with Gasteiger partial charge in [-0.1, -0.05) is 25.7 Å². The van der Waals surface area contributed by atoms with E-state index in [1.54, 1.807) is 0 Å². The van der Waals surface area contributed by atoms with Crippen LogP contribution in [0.3, 0.4) is 0 Å². The average molecular weight is 210 g/mol. The van der Waals surface area contributed by atoms with Gasteiger partial charge in [-0.05, 0) is 43.9 Å². The molecule has 88 valence electrons. The molecule has 2 aliphatic rings. The average Bonchev–Trinajstić information content (AvgIpc) is 2.17. The molecule has 0 aromatic heterocycles. The fourth-order valence-corrected chi connectivity index (χ4v) is 3.56. The monoisotopic (exact) mass is 210 g/mol. The Morgan fingerprint density at radius 3 is 1.60 bits per heavy atom. The minimum Gasteiger partial charge on any atom is -0.328 e. The molecule has 2 aliphatic carbocycles. The summed E-state index contributed by atoms with van der Waals surface area (Å²) in [7, 11) is 0. The number of hydrogen-bond acceptors (Lipinski definition) is 2. The molecule has 0 radical (unpaired) electrons. The first kappa shape index (κ1) is 11.4. The summed E-state index contributed by atoms with van der Waals surface area (Å²) in [6.45, 7) is 0. The molecule has 0 spiro atoms. The summed E-state index contributed by atoms with van der Waals surface area (Å²) in [5, 5.41) is 0. The topological polar surface area (TPSA) is 52.0 Å². The van der Waals surface area contributed by atoms with Crippen LogP contribution < -0.4 is 11.5 Å². The Kier molecular flexibility index (Phi) is 4.04. The van der Waals surface area contributed by atoms with Crippen LogP contribution in [-0.2, 0) is 0 Å². The summed E-state index contributed by atoms with van der Waals surface area (Å²) in [6, 6.07) is 0.974. The van der Waals surface area contributed by atoms with E-state index >= 15 is 0 Å². The van der Waals surface area contributed by atoms with Crippen LogP contribution in [0.5, 0.6) is 0 Å². The maximum atomic E-state index is 6.03. The third kappa shape index (κ3) is 3.46. The summed E-state index contributed by atoms with van der Waals surface area (Å²) in [5.74, 6) is 1.81. The van der Waals surface area contributed by atoms with Gasteiger partial charge in [0.2, 0.25) is 0 Å². The van der Waals surface area contributed by atoms with Gasteiger partial charge in [0.25, 0.3) is 0 Å². The van der Waals surface area contributed by atoms with Crippen LogP contribution in [0.1, 0.15) is 57.8 Å². The highest BCUT2D eigenvalue weighted by molar-refractivity contribution is 4.81. The van der Waals surface area contributed by atoms with Crippen molar-refractivity contribution in [2.75, 3.05) is 0 Å². The van der Waals surface area contributed by atoms with Gasteiger partial charge in [-0.3, -0.25) is 0 Å². The SMILES string of the molecule is N[C@@H]1CCC[C@H](C[C@H]2CCC[C@H](N)C2)C1. The molecule has 2 fully saturated rings. The zero-order chi connectivity index (χ0) is 10.7. The quantitative estimate of drug-likeness (QED) is 0.735. The van der Waals surface area contributed by atoms with Crippen LogP contribution in [0.2, 0.25) is 0 Å². The van der Waals surface area contributed by atoms with Gasteiger partial charge in [-0.25, -0.2) is 0 Å². The molecular weight excluding hydrogens is 184 g/mol. The van der Waals surface area contributed by atoms with Gasteiger partial charge in [0.15, 0.2) is 0 Å². The number of hydrogen-bond donors (Lipinski definition) is 2. The van der Waals surface area contributed by atoms with Crippen molar-refractivity contribution in [1.29, 1.82) is 0 Å². The lowest BCUT2D eigenvalue weighted by Crippen LogP contribution is -2.32. The van der Waals surface area contributed by atoms with Gasteiger partial charge in [-0.15, -0.1) is 0 Å². The maximum absolute atomic E-state index is 6.03. The van der Waals surface area contributed by atoms with Crippen molar-refractivity contribution in [2.24, 2.45) is 23.3 Å². The summed E-state index contributed by atoms with van der Waals surface area (Å²) in [5.41, 5.74) is 12.1. The van der Waals surface area contributed by atoms with E-state index in [4.69, 9.17) is 11.5 Å². The van der Waals surface area contributed by atoms with Crippen LogP contribution in [0.25, 0.3) is 0 Å². The smallest absolute Gasteiger partial charge is 0.00414 e. The second kappa shape index (κ2) is 5.31. The van der Waals surface area contributed by atoms with Crippen molar-refractivity contribution < 1.29 is 0 Å². The van der Waals surface area contributed by atoms with Gasteiger partial charge < -0.3 is 11.5 Å². The summed E-state index contributed by atoms with van der Waals surface area (Å²) in [6.07, 6.45) is 12.0. The van der Waals surface area contributed by atoms with Crippen LogP contribution in [0, 0.1) is 11.8 Å². The standard InChI is InChI=1S/C13H26N2/c14-12-5-1-3-10(8-12)7-11-4-2-6-13(15)9-11/h10-13H,1-9,14-15H2/t10-,11-,12-,13+/m1/s1. The molecule has 2 heteroatoms. The Bertz CT molecular complexity index is 173. The molecule has 0 saturated heterocycles. The first-order valence-electron chi connectivity index (χ1n) is 6.75. The molecule has 15 heavy (non-hydrogen) atoms. The van der Waals surface area contributed by atoms with Crippen LogP contribution >= 0.6 is 0 Å². The molecule has 0 aliphatic heterocycles. The zero-order valence-corrected chi connectivity index (χ0v) is 9.83. The summed E-state index contributed by atoms with van der Waals surface area (Å²) in [4.78, 5) is 0. The van der Waals surface area contributed by atoms with Crippen molar-refractivity contribution in [3.63, 3.8) is 0 Å². The maximum Gasteiger partial charge on any atom is 0.00414 e. The van der Waals surface area contributed by atoms with E-state index in [-0.39, 0.29) is 0 Å². The lowest BCUT2D eigenvalue weighted by Gasteiger charge is -2.33. The molecule has 2 nitrogen and oxygen atoms in total. The number of rotatable bonds is 2. The fourth-order valence-electron chi connectivity index (χ4n) is 3.56. The largest absolute Gasteiger partial charge is 0.328 e. The fraction of sp³-hybridized carbons (Fsp3) is 1.00. The Balaban J connectivity index is 1.75. The van der Waals surface area contributed by atoms with Gasteiger partial charge in [-0.2, -0.15) is 0 Å². The Morgan fingerprint density at radius 2 is 1.20 bits per heavy atom. The molecule has 4 atom stereocenters. The van der Waals surface area contributed by atoms with Gasteiger partial charge in [0.05, 0.1) is 0 Å². The zero-order valence-electron chi connectivity index (χ0n) is 9.83. The second-order valence-electron chi connectivity index (χ2n) is 5.82. The molecule has 2 saturated carbocycles. The first-order valence-corrected chi connectivity index (χ1v) is 6.75. The van der Waals surface area contributed by atoms with Gasteiger partial charge in [0.1, 0.15) is 0 Å². The van der Waals surface area contributed by atoms with E-state index in [0.29, 0.717) is 12.1 Å². The minimum absolute atomic E-state index is 0.487. The third-order valence-corrected chi connectivity index (χ3v) is 4.31.